The summed E-state index contributed by atoms with van der Waals surface area (Å²) in [5.41, 5.74) is 5.61. The molecule has 15 heavy (non-hydrogen) atoms. The van der Waals surface area contributed by atoms with Gasteiger partial charge in [0.05, 0.1) is 6.04 Å². The average Bonchev–Trinajstić information content (AvgIpc) is 2.18. The van der Waals surface area contributed by atoms with E-state index < -0.39 is 6.04 Å². The molecule has 1 rings (SSSR count). The Labute approximate surface area is 91.2 Å². The van der Waals surface area contributed by atoms with E-state index in [1.807, 2.05) is 0 Å². The summed E-state index contributed by atoms with van der Waals surface area (Å²) in [5, 5.41) is 2.93. The number of nitrogens with zero attached hydrogens (tertiary/aromatic N) is 1. The number of nitrogens with one attached hydrogen (secondary N) is 1. The van der Waals surface area contributed by atoms with Gasteiger partial charge in [0.2, 0.25) is 5.91 Å². The number of rotatable bonds is 3. The fraction of sp³-hybridized carbons (Fsp3) is 0.727. The molecule has 4 nitrogen and oxygen atoms in total. The van der Waals surface area contributed by atoms with E-state index in [1.165, 1.54) is 0 Å². The van der Waals surface area contributed by atoms with Crippen molar-refractivity contribution in [2.45, 2.75) is 31.3 Å². The van der Waals surface area contributed by atoms with Crippen LogP contribution >= 0.6 is 0 Å². The first-order valence-electron chi connectivity index (χ1n) is 5.31. The molecule has 0 aromatic heterocycles. The Balaban J connectivity index is 2.34. The van der Waals surface area contributed by atoms with Gasteiger partial charge in [-0.3, -0.25) is 4.79 Å². The first-order valence-corrected chi connectivity index (χ1v) is 5.31. The molecule has 0 saturated carbocycles. The third-order valence-electron chi connectivity index (χ3n) is 2.65. The fourth-order valence-electron chi connectivity index (χ4n) is 1.81. The van der Waals surface area contributed by atoms with E-state index in [9.17, 15) is 4.79 Å². The molecule has 0 aliphatic carbocycles. The highest BCUT2D eigenvalue weighted by molar-refractivity contribution is 5.82. The van der Waals surface area contributed by atoms with Crippen molar-refractivity contribution in [1.82, 2.24) is 10.2 Å². The van der Waals surface area contributed by atoms with Crippen molar-refractivity contribution in [1.29, 1.82) is 0 Å². The summed E-state index contributed by atoms with van der Waals surface area (Å²) in [7, 11) is 2.06. The van der Waals surface area contributed by atoms with Gasteiger partial charge < -0.3 is 16.0 Å². The van der Waals surface area contributed by atoms with Gasteiger partial charge in [0.25, 0.3) is 0 Å². The third kappa shape index (κ3) is 3.90. The summed E-state index contributed by atoms with van der Waals surface area (Å²) in [6.45, 7) is 2.00. The van der Waals surface area contributed by atoms with Gasteiger partial charge in [0.15, 0.2) is 0 Å². The lowest BCUT2D eigenvalue weighted by Crippen LogP contribution is -2.51. The van der Waals surface area contributed by atoms with Crippen LogP contribution < -0.4 is 11.1 Å². The lowest BCUT2D eigenvalue weighted by Gasteiger charge is -2.30. The number of amides is 1. The molecule has 0 spiro atoms. The van der Waals surface area contributed by atoms with Crippen LogP contribution in [0.1, 0.15) is 19.3 Å². The molecule has 1 amide bonds. The Morgan fingerprint density at radius 2 is 2.53 bits per heavy atom. The molecule has 1 saturated heterocycles. The van der Waals surface area contributed by atoms with Crippen LogP contribution in [0.2, 0.25) is 0 Å². The summed E-state index contributed by atoms with van der Waals surface area (Å²) in [6.07, 6.45) is 7.55. The van der Waals surface area contributed by atoms with Gasteiger partial charge >= 0.3 is 0 Å². The number of likely N-dealkylation sites (N-methyl/N-ethyl adjacent to an activating group) is 1. The third-order valence-corrected chi connectivity index (χ3v) is 2.65. The van der Waals surface area contributed by atoms with E-state index in [-0.39, 0.29) is 11.9 Å². The molecule has 0 bridgehead atoms. The number of likely N-dealkylation sites (tertiary alicyclic amines) is 1. The molecule has 1 heterocycles. The number of hydrogen-bond acceptors (Lipinski definition) is 3. The second kappa shape index (κ2) is 5.74. The molecule has 1 aliphatic rings. The molecule has 84 valence electrons. The zero-order valence-corrected chi connectivity index (χ0v) is 9.20. The van der Waals surface area contributed by atoms with Crippen LogP contribution in [0.3, 0.4) is 0 Å². The molecular formula is C11H19N3O. The first-order chi connectivity index (χ1) is 7.13. The summed E-state index contributed by atoms with van der Waals surface area (Å²) in [4.78, 5) is 13.8. The van der Waals surface area contributed by atoms with E-state index in [0.717, 1.165) is 25.9 Å². The lowest BCUT2D eigenvalue weighted by molar-refractivity contribution is -0.123. The number of terminal acetylenes is 1. The van der Waals surface area contributed by atoms with Gasteiger partial charge in [-0.05, 0) is 26.4 Å². The quantitative estimate of drug-likeness (QED) is 0.619. The van der Waals surface area contributed by atoms with E-state index in [2.05, 4.69) is 23.2 Å². The molecule has 0 aromatic carbocycles. The molecule has 1 fully saturated rings. The van der Waals surface area contributed by atoms with E-state index >= 15 is 0 Å². The Kier molecular flexibility index (Phi) is 4.60. The van der Waals surface area contributed by atoms with Crippen LogP contribution in [0.4, 0.5) is 0 Å². The minimum absolute atomic E-state index is 0.131. The zero-order chi connectivity index (χ0) is 11.3. The summed E-state index contributed by atoms with van der Waals surface area (Å²) in [5.74, 6) is 2.27. The molecule has 0 aromatic rings. The van der Waals surface area contributed by atoms with Crippen molar-refractivity contribution in [3.63, 3.8) is 0 Å². The second-order valence-electron chi connectivity index (χ2n) is 4.12. The normalized spacial score (nSPS) is 24.2. The summed E-state index contributed by atoms with van der Waals surface area (Å²) < 4.78 is 0. The maximum Gasteiger partial charge on any atom is 0.238 e. The molecule has 1 aliphatic heterocycles. The topological polar surface area (TPSA) is 58.4 Å². The van der Waals surface area contributed by atoms with E-state index in [0.29, 0.717) is 6.42 Å². The average molecular weight is 209 g/mol. The highest BCUT2D eigenvalue weighted by atomic mass is 16.2. The Bertz CT molecular complexity index is 259. The molecule has 0 radical (unpaired) electrons. The summed E-state index contributed by atoms with van der Waals surface area (Å²) in [6, 6.07) is -0.345. The maximum absolute atomic E-state index is 11.6. The van der Waals surface area contributed by atoms with Gasteiger partial charge in [-0.25, -0.2) is 0 Å². The predicted molar refractivity (Wildman–Crippen MR) is 60.1 cm³/mol. The number of hydrogen-bond donors (Lipinski definition) is 2. The van der Waals surface area contributed by atoms with Crippen LogP contribution in [-0.4, -0.2) is 43.0 Å². The Morgan fingerprint density at radius 3 is 3.13 bits per heavy atom. The van der Waals surface area contributed by atoms with Gasteiger partial charge in [0.1, 0.15) is 0 Å². The molecule has 4 heteroatoms. The van der Waals surface area contributed by atoms with Gasteiger partial charge in [-0.2, -0.15) is 0 Å². The Morgan fingerprint density at radius 1 is 1.80 bits per heavy atom. The Hall–Kier alpha value is -1.05. The lowest BCUT2D eigenvalue weighted by atomic mass is 10.1. The molecule has 2 atom stereocenters. The maximum atomic E-state index is 11.6. The van der Waals surface area contributed by atoms with Crippen molar-refractivity contribution in [3.8, 4) is 12.3 Å². The molecular weight excluding hydrogens is 190 g/mol. The second-order valence-corrected chi connectivity index (χ2v) is 4.12. The van der Waals surface area contributed by atoms with Gasteiger partial charge in [-0.15, -0.1) is 12.3 Å². The molecule has 3 N–H and O–H groups in total. The van der Waals surface area contributed by atoms with Crippen molar-refractivity contribution in [2.75, 3.05) is 20.1 Å². The summed E-state index contributed by atoms with van der Waals surface area (Å²) >= 11 is 0. The fourth-order valence-corrected chi connectivity index (χ4v) is 1.81. The van der Waals surface area contributed by atoms with Crippen molar-refractivity contribution >= 4 is 5.91 Å². The number of carbonyl (C=O) groups is 1. The highest BCUT2D eigenvalue weighted by Crippen LogP contribution is 2.07. The van der Waals surface area contributed by atoms with E-state index in [1.54, 1.807) is 0 Å². The zero-order valence-electron chi connectivity index (χ0n) is 9.20. The van der Waals surface area contributed by atoms with Crippen LogP contribution in [0, 0.1) is 12.3 Å². The van der Waals surface area contributed by atoms with Gasteiger partial charge in [0, 0.05) is 19.0 Å². The number of carbonyl (C=O) groups excluding carboxylic acids is 1. The van der Waals surface area contributed by atoms with Crippen molar-refractivity contribution < 1.29 is 4.79 Å². The first kappa shape index (κ1) is 12.0. The van der Waals surface area contributed by atoms with Crippen molar-refractivity contribution in [2.24, 2.45) is 5.73 Å². The number of piperidine rings is 1. The van der Waals surface area contributed by atoms with Crippen LogP contribution in [0.25, 0.3) is 0 Å². The largest absolute Gasteiger partial charge is 0.351 e. The van der Waals surface area contributed by atoms with Crippen LogP contribution in [-0.2, 0) is 4.79 Å². The van der Waals surface area contributed by atoms with Gasteiger partial charge in [-0.1, -0.05) is 0 Å². The van der Waals surface area contributed by atoms with Crippen LogP contribution in [0.15, 0.2) is 0 Å². The standard InChI is InChI=1S/C11H19N3O/c1-3-5-10(12)11(15)13-9-6-4-7-14(2)8-9/h1,9-10H,4-8,12H2,2H3,(H,13,15). The number of nitrogens with two attached hydrogens (primary N) is 1. The highest BCUT2D eigenvalue weighted by Gasteiger charge is 2.21. The molecule has 2 unspecified atom stereocenters. The van der Waals surface area contributed by atoms with E-state index in [4.69, 9.17) is 12.2 Å². The SMILES string of the molecule is C#CCC(N)C(=O)NC1CCCN(C)C1. The van der Waals surface area contributed by atoms with Crippen molar-refractivity contribution in [3.05, 3.63) is 0 Å². The minimum Gasteiger partial charge on any atom is -0.351 e. The minimum atomic E-state index is -0.567. The smallest absolute Gasteiger partial charge is 0.238 e. The van der Waals surface area contributed by atoms with Crippen LogP contribution in [0.5, 0.6) is 0 Å². The predicted octanol–water partition coefficient (Wildman–Crippen LogP) is -0.453. The monoisotopic (exact) mass is 209 g/mol.